The van der Waals surface area contributed by atoms with Crippen molar-refractivity contribution < 1.29 is 15.0 Å². The van der Waals surface area contributed by atoms with Gasteiger partial charge < -0.3 is 10.2 Å². The topological polar surface area (TPSA) is 60.8 Å². The second-order valence-corrected chi connectivity index (χ2v) is 4.67. The average molecular weight is 235 g/mol. The van der Waals surface area contributed by atoms with Crippen LogP contribution in [0, 0.1) is 0 Å². The molecule has 1 aromatic carbocycles. The fourth-order valence-electron chi connectivity index (χ4n) is 2.15. The van der Waals surface area contributed by atoms with Crippen LogP contribution in [0.4, 0.5) is 0 Å². The first-order valence-corrected chi connectivity index (χ1v) is 5.76. The maximum absolute atomic E-state index is 10.9. The molecule has 0 fully saturated rings. The number of hydrogen-bond donors (Lipinski definition) is 2. The number of carboxylic acids is 1. The standard InChI is InChI=1S/C13H17NO3/c1-8(9(2)15)14-6-11-4-3-10(13(16)17)5-12(11)7-14/h3-5,8-9,15H,6-7H2,1-2H3,(H,16,17). The van der Waals surface area contributed by atoms with Gasteiger partial charge in [-0.25, -0.2) is 4.79 Å². The molecule has 0 radical (unpaired) electrons. The number of carbonyl (C=O) groups is 1. The summed E-state index contributed by atoms with van der Waals surface area (Å²) in [5, 5.41) is 18.5. The second-order valence-electron chi connectivity index (χ2n) is 4.67. The van der Waals surface area contributed by atoms with E-state index in [0.29, 0.717) is 12.1 Å². The van der Waals surface area contributed by atoms with E-state index in [-0.39, 0.29) is 12.1 Å². The van der Waals surface area contributed by atoms with Crippen LogP contribution in [0.2, 0.25) is 0 Å². The van der Waals surface area contributed by atoms with Crippen LogP contribution < -0.4 is 0 Å². The van der Waals surface area contributed by atoms with Gasteiger partial charge in [0.1, 0.15) is 0 Å². The van der Waals surface area contributed by atoms with Crippen LogP contribution in [0.1, 0.15) is 35.3 Å². The SMILES string of the molecule is CC(O)C(C)N1Cc2ccc(C(=O)O)cc2C1. The molecule has 1 aliphatic heterocycles. The number of aliphatic hydroxyl groups is 1. The first-order valence-electron chi connectivity index (χ1n) is 5.76. The van der Waals surface area contributed by atoms with Crippen LogP contribution >= 0.6 is 0 Å². The van der Waals surface area contributed by atoms with Gasteiger partial charge in [0.25, 0.3) is 0 Å². The van der Waals surface area contributed by atoms with Gasteiger partial charge in [-0.3, -0.25) is 4.90 Å². The Morgan fingerprint density at radius 1 is 1.29 bits per heavy atom. The lowest BCUT2D eigenvalue weighted by molar-refractivity contribution is 0.0684. The molecule has 0 saturated carbocycles. The number of aromatic carboxylic acids is 1. The monoisotopic (exact) mass is 235 g/mol. The number of hydrogen-bond acceptors (Lipinski definition) is 3. The molecule has 4 heteroatoms. The molecule has 2 rings (SSSR count). The maximum Gasteiger partial charge on any atom is 0.335 e. The molecule has 0 aliphatic carbocycles. The second kappa shape index (κ2) is 4.47. The highest BCUT2D eigenvalue weighted by atomic mass is 16.4. The fraction of sp³-hybridized carbons (Fsp3) is 0.462. The molecule has 0 spiro atoms. The summed E-state index contributed by atoms with van der Waals surface area (Å²) >= 11 is 0. The molecule has 17 heavy (non-hydrogen) atoms. The minimum atomic E-state index is -0.894. The number of aliphatic hydroxyl groups excluding tert-OH is 1. The van der Waals surface area contributed by atoms with E-state index in [0.717, 1.165) is 17.7 Å². The molecule has 4 nitrogen and oxygen atoms in total. The molecule has 0 aromatic heterocycles. The zero-order chi connectivity index (χ0) is 12.6. The summed E-state index contributed by atoms with van der Waals surface area (Å²) in [6, 6.07) is 5.31. The summed E-state index contributed by atoms with van der Waals surface area (Å²) < 4.78 is 0. The third-order valence-electron chi connectivity index (χ3n) is 3.47. The summed E-state index contributed by atoms with van der Waals surface area (Å²) in [5.41, 5.74) is 2.54. The van der Waals surface area contributed by atoms with Gasteiger partial charge in [-0.15, -0.1) is 0 Å². The molecule has 1 aromatic rings. The summed E-state index contributed by atoms with van der Waals surface area (Å²) in [6.07, 6.45) is -0.386. The third-order valence-corrected chi connectivity index (χ3v) is 3.47. The van der Waals surface area contributed by atoms with Gasteiger partial charge in [-0.05, 0) is 37.1 Å². The lowest BCUT2D eigenvalue weighted by Gasteiger charge is -2.25. The summed E-state index contributed by atoms with van der Waals surface area (Å²) in [4.78, 5) is 13.0. The Hall–Kier alpha value is -1.39. The molecule has 2 N–H and O–H groups in total. The van der Waals surface area contributed by atoms with Gasteiger partial charge in [0.05, 0.1) is 11.7 Å². The largest absolute Gasteiger partial charge is 0.478 e. The van der Waals surface area contributed by atoms with Gasteiger partial charge in [0.15, 0.2) is 0 Å². The van der Waals surface area contributed by atoms with Crippen LogP contribution in [0.5, 0.6) is 0 Å². The maximum atomic E-state index is 10.9. The van der Waals surface area contributed by atoms with Crippen molar-refractivity contribution in [3.05, 3.63) is 34.9 Å². The molecule has 2 unspecified atom stereocenters. The molecule has 1 heterocycles. The molecule has 92 valence electrons. The van der Waals surface area contributed by atoms with E-state index in [1.807, 2.05) is 13.0 Å². The predicted octanol–water partition coefficient (Wildman–Crippen LogP) is 1.47. The molecule has 1 aliphatic rings. The number of benzene rings is 1. The Labute approximate surface area is 100 Å². The number of rotatable bonds is 3. The van der Waals surface area contributed by atoms with Crippen molar-refractivity contribution in [1.82, 2.24) is 4.90 Å². The van der Waals surface area contributed by atoms with E-state index >= 15 is 0 Å². The van der Waals surface area contributed by atoms with Crippen molar-refractivity contribution in [2.45, 2.75) is 39.1 Å². The third kappa shape index (κ3) is 2.33. The molecule has 0 bridgehead atoms. The van der Waals surface area contributed by atoms with Crippen molar-refractivity contribution in [3.8, 4) is 0 Å². The van der Waals surface area contributed by atoms with Crippen molar-refractivity contribution >= 4 is 5.97 Å². The summed E-state index contributed by atoms with van der Waals surface area (Å²) in [6.45, 7) is 5.24. The van der Waals surface area contributed by atoms with Gasteiger partial charge in [0, 0.05) is 19.1 Å². The predicted molar refractivity (Wildman–Crippen MR) is 63.8 cm³/mol. The van der Waals surface area contributed by atoms with Crippen LogP contribution in [0.15, 0.2) is 18.2 Å². The normalized spacial score (nSPS) is 18.8. The van der Waals surface area contributed by atoms with Crippen molar-refractivity contribution in [1.29, 1.82) is 0 Å². The number of fused-ring (bicyclic) bond motifs is 1. The van der Waals surface area contributed by atoms with Crippen molar-refractivity contribution in [2.24, 2.45) is 0 Å². The van der Waals surface area contributed by atoms with E-state index in [4.69, 9.17) is 5.11 Å². The van der Waals surface area contributed by atoms with Crippen LogP contribution in [0.3, 0.4) is 0 Å². The van der Waals surface area contributed by atoms with Crippen molar-refractivity contribution in [3.63, 3.8) is 0 Å². The highest BCUT2D eigenvalue weighted by Crippen LogP contribution is 2.26. The Kier molecular flexibility index (Phi) is 3.17. The molecule has 2 atom stereocenters. The smallest absolute Gasteiger partial charge is 0.335 e. The highest BCUT2D eigenvalue weighted by Gasteiger charge is 2.26. The highest BCUT2D eigenvalue weighted by molar-refractivity contribution is 5.87. The minimum Gasteiger partial charge on any atom is -0.478 e. The van der Waals surface area contributed by atoms with Crippen molar-refractivity contribution in [2.75, 3.05) is 0 Å². The molecular formula is C13H17NO3. The van der Waals surface area contributed by atoms with Crippen LogP contribution in [-0.2, 0) is 13.1 Å². The number of carboxylic acid groups (broad SMARTS) is 1. The summed E-state index contributed by atoms with van der Waals surface area (Å²) in [7, 11) is 0. The number of nitrogens with zero attached hydrogens (tertiary/aromatic N) is 1. The van der Waals surface area contributed by atoms with Crippen LogP contribution in [-0.4, -0.2) is 33.2 Å². The zero-order valence-electron chi connectivity index (χ0n) is 10.1. The van der Waals surface area contributed by atoms with E-state index in [1.165, 1.54) is 0 Å². The fourth-order valence-corrected chi connectivity index (χ4v) is 2.15. The van der Waals surface area contributed by atoms with E-state index in [2.05, 4.69) is 4.90 Å². The van der Waals surface area contributed by atoms with Gasteiger partial charge in [-0.1, -0.05) is 6.07 Å². The average Bonchev–Trinajstić information content (AvgIpc) is 2.69. The Bertz CT molecular complexity index is 442. The Balaban J connectivity index is 2.19. The summed E-state index contributed by atoms with van der Waals surface area (Å²) in [5.74, 6) is -0.894. The molecular weight excluding hydrogens is 218 g/mol. The van der Waals surface area contributed by atoms with Crippen LogP contribution in [0.25, 0.3) is 0 Å². The molecule has 0 saturated heterocycles. The molecule has 0 amide bonds. The van der Waals surface area contributed by atoms with E-state index in [1.54, 1.807) is 19.1 Å². The van der Waals surface area contributed by atoms with Gasteiger partial charge >= 0.3 is 5.97 Å². The minimum absolute atomic E-state index is 0.0793. The van der Waals surface area contributed by atoms with Gasteiger partial charge in [0.2, 0.25) is 0 Å². The Morgan fingerprint density at radius 2 is 1.94 bits per heavy atom. The van der Waals surface area contributed by atoms with E-state index < -0.39 is 5.97 Å². The van der Waals surface area contributed by atoms with E-state index in [9.17, 15) is 9.90 Å². The lowest BCUT2D eigenvalue weighted by Crippen LogP contribution is -2.36. The first-order chi connectivity index (χ1) is 7.99. The lowest BCUT2D eigenvalue weighted by atomic mass is 10.1. The van der Waals surface area contributed by atoms with Gasteiger partial charge in [-0.2, -0.15) is 0 Å². The Morgan fingerprint density at radius 3 is 2.53 bits per heavy atom. The quantitative estimate of drug-likeness (QED) is 0.833. The first kappa shape index (κ1) is 12.1. The zero-order valence-corrected chi connectivity index (χ0v) is 10.1.